The van der Waals surface area contributed by atoms with Gasteiger partial charge in [-0.05, 0) is 36.6 Å². The smallest absolute Gasteiger partial charge is 0.191 e. The van der Waals surface area contributed by atoms with Crippen molar-refractivity contribution >= 4 is 21.9 Å². The standard InChI is InChI=1S/C12H15NOS/c1-10(14)15-12(13)9-5-8-11-6-3-2-4-7-11/h2-4,6-7,13H,5,8-9H2,1H3. The van der Waals surface area contributed by atoms with Gasteiger partial charge in [-0.1, -0.05) is 30.3 Å². The molecule has 0 fully saturated rings. The molecular formula is C12H15NOS. The number of aryl methyl sites for hydroxylation is 1. The van der Waals surface area contributed by atoms with E-state index in [4.69, 9.17) is 5.41 Å². The summed E-state index contributed by atoms with van der Waals surface area (Å²) >= 11 is 1.03. The van der Waals surface area contributed by atoms with Crippen molar-refractivity contribution in [3.05, 3.63) is 35.9 Å². The number of hydrogen-bond acceptors (Lipinski definition) is 3. The average molecular weight is 221 g/mol. The number of rotatable bonds is 4. The molecule has 0 aliphatic heterocycles. The second-order valence-electron chi connectivity index (χ2n) is 3.36. The van der Waals surface area contributed by atoms with Crippen LogP contribution >= 0.6 is 11.8 Å². The van der Waals surface area contributed by atoms with Crippen LogP contribution in [0.5, 0.6) is 0 Å². The van der Waals surface area contributed by atoms with E-state index in [0.717, 1.165) is 24.6 Å². The van der Waals surface area contributed by atoms with Gasteiger partial charge in [0, 0.05) is 6.92 Å². The van der Waals surface area contributed by atoms with Gasteiger partial charge in [0.1, 0.15) is 0 Å². The highest BCUT2D eigenvalue weighted by atomic mass is 32.2. The zero-order chi connectivity index (χ0) is 11.1. The second kappa shape index (κ2) is 6.40. The molecular weight excluding hydrogens is 206 g/mol. The van der Waals surface area contributed by atoms with E-state index in [9.17, 15) is 4.79 Å². The van der Waals surface area contributed by atoms with Crippen LogP contribution < -0.4 is 0 Å². The summed E-state index contributed by atoms with van der Waals surface area (Å²) in [7, 11) is 0. The highest BCUT2D eigenvalue weighted by Crippen LogP contribution is 2.11. The average Bonchev–Trinajstić information content (AvgIpc) is 2.18. The van der Waals surface area contributed by atoms with Crippen LogP contribution in [0.4, 0.5) is 0 Å². The molecule has 2 nitrogen and oxygen atoms in total. The molecule has 0 heterocycles. The van der Waals surface area contributed by atoms with Crippen LogP contribution in [0.3, 0.4) is 0 Å². The SMILES string of the molecule is CC(=O)SC(=N)CCCc1ccccc1. The Kier molecular flexibility index (Phi) is 5.12. The largest absolute Gasteiger partial charge is 0.298 e. The van der Waals surface area contributed by atoms with Crippen molar-refractivity contribution in [2.24, 2.45) is 0 Å². The molecule has 1 N–H and O–H groups in total. The highest BCUT2D eigenvalue weighted by Gasteiger charge is 2.01. The van der Waals surface area contributed by atoms with E-state index in [1.807, 2.05) is 18.2 Å². The number of thioether (sulfide) groups is 1. The van der Waals surface area contributed by atoms with Gasteiger partial charge in [-0.15, -0.1) is 0 Å². The lowest BCUT2D eigenvalue weighted by Crippen LogP contribution is -1.96. The van der Waals surface area contributed by atoms with Crippen LogP contribution in [0.2, 0.25) is 0 Å². The molecule has 1 aromatic carbocycles. The number of carbonyl (C=O) groups is 1. The number of benzene rings is 1. The van der Waals surface area contributed by atoms with E-state index >= 15 is 0 Å². The summed E-state index contributed by atoms with van der Waals surface area (Å²) in [4.78, 5) is 10.7. The lowest BCUT2D eigenvalue weighted by atomic mass is 10.1. The van der Waals surface area contributed by atoms with Crippen molar-refractivity contribution < 1.29 is 4.79 Å². The van der Waals surface area contributed by atoms with Crippen molar-refractivity contribution in [2.45, 2.75) is 26.2 Å². The van der Waals surface area contributed by atoms with E-state index in [0.29, 0.717) is 11.5 Å². The fourth-order valence-electron chi connectivity index (χ4n) is 1.32. The van der Waals surface area contributed by atoms with Crippen molar-refractivity contribution in [3.63, 3.8) is 0 Å². The van der Waals surface area contributed by atoms with Gasteiger partial charge in [0.15, 0.2) is 5.12 Å². The Bertz CT molecular complexity index is 335. The Hall–Kier alpha value is -1.09. The van der Waals surface area contributed by atoms with E-state index in [1.54, 1.807) is 0 Å². The number of hydrogen-bond donors (Lipinski definition) is 1. The zero-order valence-electron chi connectivity index (χ0n) is 8.82. The predicted octanol–water partition coefficient (Wildman–Crippen LogP) is 3.27. The van der Waals surface area contributed by atoms with Crippen molar-refractivity contribution in [1.29, 1.82) is 5.41 Å². The lowest BCUT2D eigenvalue weighted by Gasteiger charge is -2.01. The third-order valence-electron chi connectivity index (χ3n) is 1.98. The van der Waals surface area contributed by atoms with Gasteiger partial charge >= 0.3 is 0 Å². The van der Waals surface area contributed by atoms with Crippen LogP contribution in [0.25, 0.3) is 0 Å². The molecule has 3 heteroatoms. The first-order chi connectivity index (χ1) is 7.18. The summed E-state index contributed by atoms with van der Waals surface area (Å²) in [5.41, 5.74) is 1.29. The molecule has 0 saturated heterocycles. The summed E-state index contributed by atoms with van der Waals surface area (Å²) in [5.74, 6) is 0. The van der Waals surface area contributed by atoms with Gasteiger partial charge in [0.05, 0.1) is 5.04 Å². The lowest BCUT2D eigenvalue weighted by molar-refractivity contribution is -0.109. The van der Waals surface area contributed by atoms with Gasteiger partial charge in [-0.3, -0.25) is 10.2 Å². The maximum absolute atomic E-state index is 10.7. The van der Waals surface area contributed by atoms with Gasteiger partial charge in [-0.25, -0.2) is 0 Å². The first kappa shape index (κ1) is 12.0. The molecule has 1 rings (SSSR count). The molecule has 1 aromatic rings. The van der Waals surface area contributed by atoms with Crippen LogP contribution in [0, 0.1) is 5.41 Å². The van der Waals surface area contributed by atoms with Crippen LogP contribution in [-0.4, -0.2) is 10.2 Å². The number of nitrogens with one attached hydrogen (secondary N) is 1. The predicted molar refractivity (Wildman–Crippen MR) is 65.4 cm³/mol. The summed E-state index contributed by atoms with van der Waals surface area (Å²) in [6.45, 7) is 1.50. The van der Waals surface area contributed by atoms with Crippen molar-refractivity contribution in [2.75, 3.05) is 0 Å². The molecule has 0 saturated carbocycles. The summed E-state index contributed by atoms with van der Waals surface area (Å²) < 4.78 is 0. The minimum absolute atomic E-state index is 0.000267. The van der Waals surface area contributed by atoms with E-state index < -0.39 is 0 Å². The molecule has 15 heavy (non-hydrogen) atoms. The molecule has 0 aliphatic rings. The summed E-state index contributed by atoms with van der Waals surface area (Å²) in [6.07, 6.45) is 2.60. The maximum atomic E-state index is 10.7. The Morgan fingerprint density at radius 2 is 2.00 bits per heavy atom. The molecule has 0 aromatic heterocycles. The van der Waals surface area contributed by atoms with Gasteiger partial charge in [-0.2, -0.15) is 0 Å². The Balaban J connectivity index is 2.22. The quantitative estimate of drug-likeness (QED) is 0.626. The van der Waals surface area contributed by atoms with Gasteiger partial charge in [0.2, 0.25) is 0 Å². The first-order valence-electron chi connectivity index (χ1n) is 4.98. The minimum Gasteiger partial charge on any atom is -0.298 e. The molecule has 0 unspecified atom stereocenters. The third kappa shape index (κ3) is 5.37. The van der Waals surface area contributed by atoms with E-state index in [2.05, 4.69) is 12.1 Å². The molecule has 0 atom stereocenters. The fourth-order valence-corrected chi connectivity index (χ4v) is 1.92. The zero-order valence-corrected chi connectivity index (χ0v) is 9.64. The Labute approximate surface area is 94.6 Å². The molecule has 0 radical (unpaired) electrons. The monoisotopic (exact) mass is 221 g/mol. The second-order valence-corrected chi connectivity index (χ2v) is 4.63. The molecule has 0 amide bonds. The Morgan fingerprint density at radius 3 is 2.60 bits per heavy atom. The summed E-state index contributed by atoms with van der Waals surface area (Å²) in [5, 5.41) is 8.00. The number of carbonyl (C=O) groups excluding carboxylic acids is 1. The third-order valence-corrected chi connectivity index (χ3v) is 2.72. The van der Waals surface area contributed by atoms with Crippen LogP contribution in [-0.2, 0) is 11.2 Å². The highest BCUT2D eigenvalue weighted by molar-refractivity contribution is 8.26. The Morgan fingerprint density at radius 1 is 1.33 bits per heavy atom. The van der Waals surface area contributed by atoms with E-state index in [1.165, 1.54) is 12.5 Å². The van der Waals surface area contributed by atoms with Crippen LogP contribution in [0.1, 0.15) is 25.3 Å². The topological polar surface area (TPSA) is 40.9 Å². The van der Waals surface area contributed by atoms with Crippen molar-refractivity contribution in [1.82, 2.24) is 0 Å². The normalized spacial score (nSPS) is 9.93. The molecule has 0 aliphatic carbocycles. The fraction of sp³-hybridized carbons (Fsp3) is 0.333. The minimum atomic E-state index is -0.000267. The van der Waals surface area contributed by atoms with Crippen LogP contribution in [0.15, 0.2) is 30.3 Å². The summed E-state index contributed by atoms with van der Waals surface area (Å²) in [6, 6.07) is 10.2. The molecule has 0 spiro atoms. The van der Waals surface area contributed by atoms with E-state index in [-0.39, 0.29) is 5.12 Å². The molecule has 80 valence electrons. The maximum Gasteiger partial charge on any atom is 0.191 e. The van der Waals surface area contributed by atoms with Crippen molar-refractivity contribution in [3.8, 4) is 0 Å². The first-order valence-corrected chi connectivity index (χ1v) is 5.80. The van der Waals surface area contributed by atoms with Gasteiger partial charge in [0.25, 0.3) is 0 Å². The van der Waals surface area contributed by atoms with Gasteiger partial charge < -0.3 is 0 Å². The molecule has 0 bridgehead atoms.